The fraction of sp³-hybridized carbons (Fsp3) is 0.217. The first-order chi connectivity index (χ1) is 14.6. The summed E-state index contributed by atoms with van der Waals surface area (Å²) in [6.45, 7) is 0. The minimum Gasteiger partial charge on any atom is -0.339 e. The van der Waals surface area contributed by atoms with Crippen LogP contribution in [-0.2, 0) is 5.54 Å². The molecule has 6 nitrogen and oxygen atoms in total. The number of carbonyl (C=O) groups excluding carboxylic acids is 1. The summed E-state index contributed by atoms with van der Waals surface area (Å²) in [4.78, 5) is 21.6. The molecule has 30 heavy (non-hydrogen) atoms. The number of benzene rings is 2. The Labute approximate surface area is 172 Å². The average molecular weight is 402 g/mol. The smallest absolute Gasteiger partial charge is 0.259 e. The topological polar surface area (TPSA) is 80.9 Å². The summed E-state index contributed by atoms with van der Waals surface area (Å²) in [7, 11) is 0. The molecule has 0 bridgehead atoms. The fourth-order valence-electron chi connectivity index (χ4n) is 4.04. The Morgan fingerprint density at radius 1 is 1.07 bits per heavy atom. The Hall–Kier alpha value is -3.61. The number of nitrogens with zero attached hydrogens (tertiary/aromatic N) is 3. The molecule has 1 amide bonds. The number of halogens is 1. The number of hydrogen-bond acceptors (Lipinski definition) is 5. The minimum atomic E-state index is -0.662. The van der Waals surface area contributed by atoms with E-state index in [2.05, 4.69) is 20.4 Å². The van der Waals surface area contributed by atoms with E-state index in [1.807, 2.05) is 18.2 Å². The second-order valence-corrected chi connectivity index (χ2v) is 7.57. The Kier molecular flexibility index (Phi) is 4.50. The molecule has 1 N–H and O–H groups in total. The summed E-state index contributed by atoms with van der Waals surface area (Å²) in [5, 5.41) is 7.98. The summed E-state index contributed by atoms with van der Waals surface area (Å²) < 4.78 is 19.4. The first kappa shape index (κ1) is 18.4. The highest BCUT2D eigenvalue weighted by atomic mass is 19.1. The molecule has 1 aliphatic carbocycles. The van der Waals surface area contributed by atoms with Gasteiger partial charge in [-0.25, -0.2) is 4.39 Å². The molecule has 0 unspecified atom stereocenters. The number of fused-ring (bicyclic) bond motifs is 1. The molecule has 1 fully saturated rings. The standard InChI is InChI=1S/C23H19FN4O2/c24-18-10-6-9-16-13-17(14-25-19(16)18)21-26-22(28-30-21)23(11-4-5-12-23)27-20(29)15-7-2-1-3-8-15/h1-3,6-10,13-14H,4-5,11-12H2,(H,27,29). The van der Waals surface area contributed by atoms with Gasteiger partial charge < -0.3 is 9.84 Å². The average Bonchev–Trinajstić information content (AvgIpc) is 3.45. The summed E-state index contributed by atoms with van der Waals surface area (Å²) in [5.74, 6) is 0.216. The fourth-order valence-corrected chi connectivity index (χ4v) is 4.04. The Morgan fingerprint density at radius 2 is 1.87 bits per heavy atom. The van der Waals surface area contributed by atoms with Gasteiger partial charge in [0.25, 0.3) is 11.8 Å². The van der Waals surface area contributed by atoms with Crippen LogP contribution in [0.25, 0.3) is 22.4 Å². The van der Waals surface area contributed by atoms with E-state index in [9.17, 15) is 9.18 Å². The van der Waals surface area contributed by atoms with Crippen LogP contribution < -0.4 is 5.32 Å². The summed E-state index contributed by atoms with van der Waals surface area (Å²) in [5.41, 5.74) is 0.830. The van der Waals surface area contributed by atoms with Crippen LogP contribution >= 0.6 is 0 Å². The van der Waals surface area contributed by atoms with Crippen molar-refractivity contribution in [1.82, 2.24) is 20.4 Å². The van der Waals surface area contributed by atoms with Crippen LogP contribution in [-0.4, -0.2) is 21.0 Å². The van der Waals surface area contributed by atoms with Gasteiger partial charge in [-0.1, -0.05) is 48.3 Å². The molecular weight excluding hydrogens is 383 g/mol. The normalized spacial score (nSPS) is 15.4. The second-order valence-electron chi connectivity index (χ2n) is 7.57. The van der Waals surface area contributed by atoms with Gasteiger partial charge in [0, 0.05) is 17.1 Å². The van der Waals surface area contributed by atoms with Crippen LogP contribution in [0.5, 0.6) is 0 Å². The Bertz CT molecular complexity index is 1220. The van der Waals surface area contributed by atoms with Crippen molar-refractivity contribution in [1.29, 1.82) is 0 Å². The predicted molar refractivity (Wildman–Crippen MR) is 109 cm³/mol. The van der Waals surface area contributed by atoms with Crippen LogP contribution in [0.2, 0.25) is 0 Å². The van der Waals surface area contributed by atoms with E-state index in [4.69, 9.17) is 4.52 Å². The first-order valence-corrected chi connectivity index (χ1v) is 9.91. The second kappa shape index (κ2) is 7.33. The predicted octanol–water partition coefficient (Wildman–Crippen LogP) is 4.62. The van der Waals surface area contributed by atoms with Crippen molar-refractivity contribution in [2.24, 2.45) is 0 Å². The van der Waals surface area contributed by atoms with Crippen LogP contribution in [0.15, 0.2) is 65.3 Å². The molecule has 5 rings (SSSR count). The van der Waals surface area contributed by atoms with E-state index in [1.54, 1.807) is 30.3 Å². The van der Waals surface area contributed by atoms with E-state index in [0.717, 1.165) is 25.7 Å². The molecule has 4 aromatic rings. The largest absolute Gasteiger partial charge is 0.339 e. The van der Waals surface area contributed by atoms with Crippen molar-refractivity contribution in [2.75, 3.05) is 0 Å². The van der Waals surface area contributed by atoms with Gasteiger partial charge in [0.05, 0.1) is 5.56 Å². The van der Waals surface area contributed by atoms with Crippen LogP contribution in [0.1, 0.15) is 41.9 Å². The van der Waals surface area contributed by atoms with Crippen molar-refractivity contribution < 1.29 is 13.7 Å². The molecule has 7 heteroatoms. The van der Waals surface area contributed by atoms with Gasteiger partial charge in [-0.3, -0.25) is 9.78 Å². The van der Waals surface area contributed by atoms with Crippen molar-refractivity contribution in [3.05, 3.63) is 78.0 Å². The molecular formula is C23H19FN4O2. The zero-order valence-corrected chi connectivity index (χ0v) is 16.1. The molecule has 0 spiro atoms. The number of hydrogen-bond donors (Lipinski definition) is 1. The van der Waals surface area contributed by atoms with E-state index in [1.165, 1.54) is 12.3 Å². The first-order valence-electron chi connectivity index (χ1n) is 9.91. The van der Waals surface area contributed by atoms with Gasteiger partial charge in [0.2, 0.25) is 0 Å². The molecule has 1 aliphatic rings. The summed E-state index contributed by atoms with van der Waals surface area (Å²) >= 11 is 0. The summed E-state index contributed by atoms with van der Waals surface area (Å²) in [6.07, 6.45) is 4.94. The molecule has 0 atom stereocenters. The number of para-hydroxylation sites is 1. The van der Waals surface area contributed by atoms with Crippen molar-refractivity contribution in [3.63, 3.8) is 0 Å². The Morgan fingerprint density at radius 3 is 2.67 bits per heavy atom. The third-order valence-electron chi connectivity index (χ3n) is 5.61. The quantitative estimate of drug-likeness (QED) is 0.539. The van der Waals surface area contributed by atoms with Crippen LogP contribution in [0.3, 0.4) is 0 Å². The van der Waals surface area contributed by atoms with E-state index in [-0.39, 0.29) is 11.7 Å². The molecule has 0 aliphatic heterocycles. The van der Waals surface area contributed by atoms with E-state index < -0.39 is 5.54 Å². The number of rotatable bonds is 4. The molecule has 1 saturated carbocycles. The maximum atomic E-state index is 13.9. The van der Waals surface area contributed by atoms with Crippen LogP contribution in [0, 0.1) is 5.82 Å². The number of aromatic nitrogens is 3. The number of carbonyl (C=O) groups is 1. The third-order valence-corrected chi connectivity index (χ3v) is 5.61. The van der Waals surface area contributed by atoms with E-state index >= 15 is 0 Å². The zero-order valence-electron chi connectivity index (χ0n) is 16.1. The van der Waals surface area contributed by atoms with Gasteiger partial charge in [0.15, 0.2) is 5.82 Å². The SMILES string of the molecule is O=C(NC1(c2noc(-c3cnc4c(F)cccc4c3)n2)CCCC1)c1ccccc1. The summed E-state index contributed by atoms with van der Waals surface area (Å²) in [6, 6.07) is 15.7. The molecule has 2 aromatic carbocycles. The van der Waals surface area contributed by atoms with E-state index in [0.29, 0.717) is 33.7 Å². The van der Waals surface area contributed by atoms with Crippen molar-refractivity contribution in [2.45, 2.75) is 31.2 Å². The lowest BCUT2D eigenvalue weighted by molar-refractivity contribution is 0.0892. The lowest BCUT2D eigenvalue weighted by Gasteiger charge is -2.26. The van der Waals surface area contributed by atoms with Gasteiger partial charge in [0.1, 0.15) is 16.9 Å². The third kappa shape index (κ3) is 3.22. The lowest BCUT2D eigenvalue weighted by atomic mass is 9.96. The highest BCUT2D eigenvalue weighted by Gasteiger charge is 2.41. The number of amides is 1. The highest BCUT2D eigenvalue weighted by molar-refractivity contribution is 5.94. The van der Waals surface area contributed by atoms with Crippen molar-refractivity contribution >= 4 is 16.8 Å². The van der Waals surface area contributed by atoms with Gasteiger partial charge >= 0.3 is 0 Å². The number of nitrogens with one attached hydrogen (secondary N) is 1. The van der Waals surface area contributed by atoms with Gasteiger partial charge in [-0.05, 0) is 37.1 Å². The maximum Gasteiger partial charge on any atom is 0.259 e. The van der Waals surface area contributed by atoms with Crippen LogP contribution in [0.4, 0.5) is 4.39 Å². The monoisotopic (exact) mass is 402 g/mol. The lowest BCUT2D eigenvalue weighted by Crippen LogP contribution is -2.44. The van der Waals surface area contributed by atoms with Crippen molar-refractivity contribution in [3.8, 4) is 11.5 Å². The number of pyridine rings is 1. The van der Waals surface area contributed by atoms with Gasteiger partial charge in [-0.15, -0.1) is 0 Å². The molecule has 0 radical (unpaired) electrons. The molecule has 0 saturated heterocycles. The highest BCUT2D eigenvalue weighted by Crippen LogP contribution is 2.38. The van der Waals surface area contributed by atoms with Gasteiger partial charge in [-0.2, -0.15) is 4.98 Å². The molecule has 150 valence electrons. The minimum absolute atomic E-state index is 0.160. The molecule has 2 aromatic heterocycles. The molecule has 2 heterocycles. The zero-order chi connectivity index (χ0) is 20.6. The maximum absolute atomic E-state index is 13.9. The Balaban J connectivity index is 1.47.